The lowest BCUT2D eigenvalue weighted by Gasteiger charge is -2.65. The maximum atomic E-state index is 13.2. The van der Waals surface area contributed by atoms with Crippen molar-refractivity contribution in [3.63, 3.8) is 0 Å². The van der Waals surface area contributed by atoms with Gasteiger partial charge in [-0.2, -0.15) is 0 Å². The molecule has 266 valence electrons. The van der Waals surface area contributed by atoms with Gasteiger partial charge in [-0.3, -0.25) is 9.80 Å². The van der Waals surface area contributed by atoms with E-state index in [1.54, 1.807) is 7.11 Å². The second kappa shape index (κ2) is 14.6. The van der Waals surface area contributed by atoms with Gasteiger partial charge in [0.1, 0.15) is 6.10 Å². The van der Waals surface area contributed by atoms with Crippen molar-refractivity contribution in [1.82, 2.24) is 9.80 Å². The highest BCUT2D eigenvalue weighted by atomic mass is 16.5. The summed E-state index contributed by atoms with van der Waals surface area (Å²) in [6, 6.07) is 37.5. The Morgan fingerprint density at radius 3 is 2.27 bits per heavy atom. The first kappa shape index (κ1) is 34.2. The van der Waals surface area contributed by atoms with Gasteiger partial charge in [-0.15, -0.1) is 6.58 Å². The summed E-state index contributed by atoms with van der Waals surface area (Å²) in [6.45, 7) is 7.72. The average Bonchev–Trinajstić information content (AvgIpc) is 3.52. The second-order valence-corrected chi connectivity index (χ2v) is 15.4. The summed E-state index contributed by atoms with van der Waals surface area (Å²) in [5.41, 5.74) is 5.32. The highest BCUT2D eigenvalue weighted by molar-refractivity contribution is 5.63. The van der Waals surface area contributed by atoms with Crippen molar-refractivity contribution in [2.45, 2.75) is 92.9 Å². The maximum absolute atomic E-state index is 13.2. The molecule has 2 heterocycles. The minimum absolute atomic E-state index is 0.0441. The van der Waals surface area contributed by atoms with Gasteiger partial charge >= 0.3 is 0 Å². The van der Waals surface area contributed by atoms with E-state index in [-0.39, 0.29) is 24.1 Å². The van der Waals surface area contributed by atoms with Gasteiger partial charge in [-0.25, -0.2) is 0 Å². The van der Waals surface area contributed by atoms with Crippen molar-refractivity contribution >= 4 is 0 Å². The van der Waals surface area contributed by atoms with Gasteiger partial charge in [-0.1, -0.05) is 116 Å². The molecule has 1 N–H and O–H groups in total. The zero-order valence-corrected chi connectivity index (χ0v) is 30.3. The molecule has 51 heavy (non-hydrogen) atoms. The fourth-order valence-electron chi connectivity index (χ4n) is 10.6. The van der Waals surface area contributed by atoms with E-state index in [0.29, 0.717) is 0 Å². The molecule has 2 unspecified atom stereocenters. The molecule has 1 saturated heterocycles. The first-order valence-corrected chi connectivity index (χ1v) is 19.4. The summed E-state index contributed by atoms with van der Waals surface area (Å²) in [5, 5.41) is 13.2. The normalized spacial score (nSPS) is 26.2. The largest absolute Gasteiger partial charge is 0.493 e. The summed E-state index contributed by atoms with van der Waals surface area (Å²) < 4.78 is 13.2. The Hall–Kier alpha value is -3.90. The van der Waals surface area contributed by atoms with E-state index < -0.39 is 11.0 Å². The van der Waals surface area contributed by atoms with Gasteiger partial charge in [0.05, 0.1) is 18.1 Å². The summed E-state index contributed by atoms with van der Waals surface area (Å²) in [5.74, 6) is 1.90. The van der Waals surface area contributed by atoms with Crippen LogP contribution >= 0.6 is 0 Å². The van der Waals surface area contributed by atoms with E-state index in [1.807, 2.05) is 6.08 Å². The van der Waals surface area contributed by atoms with E-state index in [0.717, 1.165) is 76.2 Å². The van der Waals surface area contributed by atoms with Gasteiger partial charge in [0.25, 0.3) is 0 Å². The molecule has 0 aromatic heterocycles. The molecule has 1 saturated carbocycles. The highest BCUT2D eigenvalue weighted by Crippen LogP contribution is 2.66. The number of nitrogens with zero attached hydrogens (tertiary/aromatic N) is 2. The summed E-state index contributed by atoms with van der Waals surface area (Å²) in [7, 11) is 1.75. The standard InChI is InChI=1S/C46H54N2O3/c1-3-29-47-31-28-45-42-37-24-25-40(50-2)43(42)51-44(45)39(26-27-46(45,49)41(47)32-37)48(30-16-5-4-9-17-34-18-10-6-11-19-34)33-38(35-20-12-7-13-21-35)36-22-14-8-15-23-36/h3,6-8,10-15,18-25,38-39,41,44,49H,1,4-5,9,16-17,26-33H2,2H3/t39?,41-,44?,45+,46-/m1/s1. The zero-order valence-electron chi connectivity index (χ0n) is 30.3. The van der Waals surface area contributed by atoms with Gasteiger partial charge in [0.15, 0.2) is 11.5 Å². The van der Waals surface area contributed by atoms with Crippen LogP contribution in [0.4, 0.5) is 0 Å². The minimum Gasteiger partial charge on any atom is -0.493 e. The average molecular weight is 683 g/mol. The molecule has 1 spiro atoms. The zero-order chi connectivity index (χ0) is 34.8. The Morgan fingerprint density at radius 2 is 1.59 bits per heavy atom. The molecule has 4 aromatic rings. The fraction of sp³-hybridized carbons (Fsp3) is 0.435. The summed E-state index contributed by atoms with van der Waals surface area (Å²) in [4.78, 5) is 5.26. The molecule has 8 rings (SSSR count). The molecule has 4 aromatic carbocycles. The highest BCUT2D eigenvalue weighted by Gasteiger charge is 2.73. The van der Waals surface area contributed by atoms with Crippen molar-refractivity contribution < 1.29 is 14.6 Å². The minimum atomic E-state index is -0.874. The summed E-state index contributed by atoms with van der Waals surface area (Å²) in [6.07, 6.45) is 11.1. The van der Waals surface area contributed by atoms with E-state index >= 15 is 0 Å². The molecule has 2 fully saturated rings. The third-order valence-corrected chi connectivity index (χ3v) is 12.9. The van der Waals surface area contributed by atoms with Crippen LogP contribution in [0.15, 0.2) is 116 Å². The Labute approximate surface area is 304 Å². The first-order valence-electron chi connectivity index (χ1n) is 19.4. The van der Waals surface area contributed by atoms with Crippen molar-refractivity contribution in [1.29, 1.82) is 0 Å². The number of methoxy groups -OCH3 is 1. The van der Waals surface area contributed by atoms with Crippen LogP contribution in [0.2, 0.25) is 0 Å². The lowest BCUT2D eigenvalue weighted by molar-refractivity contribution is -0.198. The Bertz CT molecular complexity index is 1740. The third kappa shape index (κ3) is 6.01. The molecule has 5 atom stereocenters. The number of benzene rings is 4. The Morgan fingerprint density at radius 1 is 0.902 bits per heavy atom. The number of hydrogen-bond acceptors (Lipinski definition) is 5. The van der Waals surface area contributed by atoms with Crippen LogP contribution < -0.4 is 9.47 Å². The maximum Gasteiger partial charge on any atom is 0.165 e. The lowest BCUT2D eigenvalue weighted by Crippen LogP contribution is -2.78. The Kier molecular flexibility index (Phi) is 9.80. The number of aryl methyl sites for hydroxylation is 1. The molecular formula is C46H54N2O3. The molecule has 2 aliphatic carbocycles. The molecule has 4 aliphatic rings. The molecule has 5 heteroatoms. The lowest BCUT2D eigenvalue weighted by atomic mass is 9.48. The third-order valence-electron chi connectivity index (χ3n) is 12.9. The number of hydrogen-bond donors (Lipinski definition) is 1. The first-order chi connectivity index (χ1) is 25.1. The number of rotatable bonds is 15. The number of ether oxygens (including phenoxy) is 2. The van der Waals surface area contributed by atoms with E-state index in [2.05, 4.69) is 120 Å². The second-order valence-electron chi connectivity index (χ2n) is 15.4. The van der Waals surface area contributed by atoms with Gasteiger partial charge in [-0.05, 0) is 86.4 Å². The SMILES string of the molecule is C=CCN1CC[C@]23c4c5ccc(OC)c4OC2C(N(CCCCCCc2ccccc2)CC(c2ccccc2)c2ccccc2)CC[C@@]3(O)[C@H]1C5. The molecule has 5 nitrogen and oxygen atoms in total. The van der Waals surface area contributed by atoms with Crippen LogP contribution in [0, 0.1) is 0 Å². The predicted octanol–water partition coefficient (Wildman–Crippen LogP) is 8.34. The monoisotopic (exact) mass is 682 g/mol. The molecule has 2 bridgehead atoms. The van der Waals surface area contributed by atoms with Crippen molar-refractivity contribution in [2.24, 2.45) is 0 Å². The van der Waals surface area contributed by atoms with Crippen molar-refractivity contribution in [2.75, 3.05) is 33.3 Å². The van der Waals surface area contributed by atoms with Gasteiger partial charge in [0.2, 0.25) is 0 Å². The van der Waals surface area contributed by atoms with Crippen LogP contribution in [0.5, 0.6) is 11.5 Å². The van der Waals surface area contributed by atoms with Crippen LogP contribution in [0.25, 0.3) is 0 Å². The summed E-state index contributed by atoms with van der Waals surface area (Å²) >= 11 is 0. The molecule has 0 radical (unpaired) electrons. The smallest absolute Gasteiger partial charge is 0.165 e. The van der Waals surface area contributed by atoms with Crippen LogP contribution in [-0.4, -0.2) is 72.0 Å². The van der Waals surface area contributed by atoms with Crippen LogP contribution in [0.1, 0.15) is 78.7 Å². The number of aliphatic hydroxyl groups is 1. The topological polar surface area (TPSA) is 45.2 Å². The van der Waals surface area contributed by atoms with Crippen molar-refractivity contribution in [3.05, 3.63) is 144 Å². The molecule has 2 aliphatic heterocycles. The number of unbranched alkanes of at least 4 members (excludes halogenated alkanes) is 3. The van der Waals surface area contributed by atoms with E-state index in [9.17, 15) is 5.11 Å². The Balaban J connectivity index is 1.13. The number of likely N-dealkylation sites (tertiary alicyclic amines) is 1. The van der Waals surface area contributed by atoms with Crippen molar-refractivity contribution in [3.8, 4) is 11.5 Å². The van der Waals surface area contributed by atoms with E-state index in [1.165, 1.54) is 47.1 Å². The van der Waals surface area contributed by atoms with E-state index in [4.69, 9.17) is 9.47 Å². The molecule has 0 amide bonds. The van der Waals surface area contributed by atoms with Crippen LogP contribution in [-0.2, 0) is 18.3 Å². The predicted molar refractivity (Wildman–Crippen MR) is 206 cm³/mol. The number of piperidine rings is 1. The molecular weight excluding hydrogens is 629 g/mol. The van der Waals surface area contributed by atoms with Gasteiger partial charge < -0.3 is 14.6 Å². The quantitative estimate of drug-likeness (QED) is 0.101. The fourth-order valence-corrected chi connectivity index (χ4v) is 10.6. The van der Waals surface area contributed by atoms with Crippen LogP contribution in [0.3, 0.4) is 0 Å². The van der Waals surface area contributed by atoms with Gasteiger partial charge in [0, 0.05) is 36.7 Å².